The van der Waals surface area contributed by atoms with Gasteiger partial charge in [-0.05, 0) is 36.1 Å². The molecule has 0 radical (unpaired) electrons. The van der Waals surface area contributed by atoms with Crippen molar-refractivity contribution < 1.29 is 27.4 Å². The standard InChI is InChI=1S/C23H23F3N4O3S/c1-32-17-9-8-13(10-18(17)33-2)16-11-20(23(24,25)26)30-21(28-16)14(12-27-30)22(31)29-15-6-4-5-7-19(15)34-3/h4-10,12,16,20,28H,11H2,1-3H3,(H,29,31)/t16-,20-/m1/s1. The van der Waals surface area contributed by atoms with E-state index in [0.717, 1.165) is 15.8 Å². The normalized spacial score (nSPS) is 17.5. The molecule has 0 saturated carbocycles. The zero-order chi connectivity index (χ0) is 24.5. The number of nitrogens with one attached hydrogen (secondary N) is 2. The molecule has 1 aliphatic heterocycles. The SMILES string of the molecule is COc1ccc([C@H]2C[C@H](C(F)(F)F)n3ncc(C(=O)Nc4ccccc4SC)c3N2)cc1OC. The third kappa shape index (κ3) is 4.52. The predicted molar refractivity (Wildman–Crippen MR) is 124 cm³/mol. The Morgan fingerprint density at radius 1 is 1.18 bits per heavy atom. The topological polar surface area (TPSA) is 77.4 Å². The molecular formula is C23H23F3N4O3S. The molecular weight excluding hydrogens is 469 g/mol. The van der Waals surface area contributed by atoms with Crippen molar-refractivity contribution in [1.82, 2.24) is 9.78 Å². The molecule has 7 nitrogen and oxygen atoms in total. The summed E-state index contributed by atoms with van der Waals surface area (Å²) in [6, 6.07) is 9.49. The highest BCUT2D eigenvalue weighted by atomic mass is 32.2. The minimum atomic E-state index is -4.56. The number of amides is 1. The highest BCUT2D eigenvalue weighted by molar-refractivity contribution is 7.98. The fraction of sp³-hybridized carbons (Fsp3) is 0.304. The van der Waals surface area contributed by atoms with Crippen LogP contribution in [-0.2, 0) is 0 Å². The van der Waals surface area contributed by atoms with Gasteiger partial charge in [0.1, 0.15) is 11.4 Å². The van der Waals surface area contributed by atoms with Gasteiger partial charge < -0.3 is 20.1 Å². The van der Waals surface area contributed by atoms with Crippen molar-refractivity contribution in [1.29, 1.82) is 0 Å². The number of carbonyl (C=O) groups excluding carboxylic acids is 1. The van der Waals surface area contributed by atoms with Gasteiger partial charge in [-0.3, -0.25) is 4.79 Å². The number of carbonyl (C=O) groups is 1. The van der Waals surface area contributed by atoms with E-state index in [1.807, 2.05) is 18.4 Å². The molecule has 0 unspecified atom stereocenters. The molecule has 11 heteroatoms. The number of thioether (sulfide) groups is 1. The zero-order valence-electron chi connectivity index (χ0n) is 18.6. The largest absolute Gasteiger partial charge is 0.493 e. The molecule has 2 aromatic carbocycles. The molecule has 1 aromatic heterocycles. The monoisotopic (exact) mass is 492 g/mol. The smallest absolute Gasteiger partial charge is 0.410 e. The van der Waals surface area contributed by atoms with Crippen LogP contribution in [0.1, 0.15) is 34.4 Å². The number of ether oxygens (including phenoxy) is 2. The van der Waals surface area contributed by atoms with E-state index in [2.05, 4.69) is 15.7 Å². The van der Waals surface area contributed by atoms with Crippen molar-refractivity contribution in [2.24, 2.45) is 0 Å². The number of anilines is 2. The van der Waals surface area contributed by atoms with Gasteiger partial charge in [0.05, 0.1) is 32.1 Å². The summed E-state index contributed by atoms with van der Waals surface area (Å²) >= 11 is 1.45. The zero-order valence-corrected chi connectivity index (χ0v) is 19.5. The molecule has 0 fully saturated rings. The van der Waals surface area contributed by atoms with E-state index in [-0.39, 0.29) is 17.8 Å². The maximum absolute atomic E-state index is 14.0. The first-order chi connectivity index (χ1) is 16.3. The number of halogens is 3. The highest BCUT2D eigenvalue weighted by Crippen LogP contribution is 2.45. The van der Waals surface area contributed by atoms with Crippen LogP contribution in [0.5, 0.6) is 11.5 Å². The van der Waals surface area contributed by atoms with Crippen molar-refractivity contribution in [2.75, 3.05) is 31.1 Å². The van der Waals surface area contributed by atoms with E-state index in [0.29, 0.717) is 22.7 Å². The highest BCUT2D eigenvalue weighted by Gasteiger charge is 2.47. The summed E-state index contributed by atoms with van der Waals surface area (Å²) in [5, 5.41) is 9.79. The molecule has 0 saturated heterocycles. The first-order valence-electron chi connectivity index (χ1n) is 10.3. The molecule has 0 spiro atoms. The Balaban J connectivity index is 1.71. The van der Waals surface area contributed by atoms with Crippen LogP contribution in [0, 0.1) is 0 Å². The lowest BCUT2D eigenvalue weighted by Gasteiger charge is -2.34. The number of aromatic nitrogens is 2. The molecule has 2 heterocycles. The maximum Gasteiger partial charge on any atom is 0.410 e. The third-order valence-electron chi connectivity index (χ3n) is 5.65. The molecule has 34 heavy (non-hydrogen) atoms. The lowest BCUT2D eigenvalue weighted by atomic mass is 9.96. The second-order valence-corrected chi connectivity index (χ2v) is 8.46. The number of fused-ring (bicyclic) bond motifs is 1. The summed E-state index contributed by atoms with van der Waals surface area (Å²) in [6.07, 6.45) is -1.83. The molecule has 180 valence electrons. The number of methoxy groups -OCH3 is 2. The minimum Gasteiger partial charge on any atom is -0.493 e. The Morgan fingerprint density at radius 2 is 1.91 bits per heavy atom. The van der Waals surface area contributed by atoms with E-state index >= 15 is 0 Å². The number of alkyl halides is 3. The van der Waals surface area contributed by atoms with Gasteiger partial charge >= 0.3 is 6.18 Å². The fourth-order valence-corrected chi connectivity index (χ4v) is 4.51. The first kappa shape index (κ1) is 23.8. The van der Waals surface area contributed by atoms with Gasteiger partial charge in [0.25, 0.3) is 5.91 Å². The number of para-hydroxylation sites is 1. The van der Waals surface area contributed by atoms with Gasteiger partial charge in [0, 0.05) is 11.3 Å². The third-order valence-corrected chi connectivity index (χ3v) is 6.44. The van der Waals surface area contributed by atoms with E-state index in [9.17, 15) is 18.0 Å². The molecule has 4 rings (SSSR count). The number of hydrogen-bond donors (Lipinski definition) is 2. The van der Waals surface area contributed by atoms with Gasteiger partial charge in [-0.2, -0.15) is 18.3 Å². The van der Waals surface area contributed by atoms with Gasteiger partial charge in [0.15, 0.2) is 17.5 Å². The number of nitrogens with zero attached hydrogens (tertiary/aromatic N) is 2. The Labute approximate surface area is 198 Å². The van der Waals surface area contributed by atoms with E-state index in [4.69, 9.17) is 9.47 Å². The van der Waals surface area contributed by atoms with Gasteiger partial charge in [-0.15, -0.1) is 11.8 Å². The van der Waals surface area contributed by atoms with Crippen LogP contribution in [0.4, 0.5) is 24.7 Å². The molecule has 1 amide bonds. The number of benzene rings is 2. The molecule has 1 aliphatic rings. The molecule has 0 bridgehead atoms. The minimum absolute atomic E-state index is 0.00694. The van der Waals surface area contributed by atoms with Crippen LogP contribution in [-0.4, -0.2) is 42.3 Å². The van der Waals surface area contributed by atoms with Crippen LogP contribution >= 0.6 is 11.8 Å². The second-order valence-electron chi connectivity index (χ2n) is 7.61. The fourth-order valence-electron chi connectivity index (χ4n) is 3.95. The van der Waals surface area contributed by atoms with Crippen molar-refractivity contribution >= 4 is 29.2 Å². The Hall–Kier alpha value is -3.34. The molecule has 3 aromatic rings. The van der Waals surface area contributed by atoms with Gasteiger partial charge in [-0.1, -0.05) is 18.2 Å². The van der Waals surface area contributed by atoms with Crippen LogP contribution in [0.3, 0.4) is 0 Å². The molecule has 2 N–H and O–H groups in total. The molecule has 0 aliphatic carbocycles. The quantitative estimate of drug-likeness (QED) is 0.441. The van der Waals surface area contributed by atoms with Crippen molar-refractivity contribution in [3.63, 3.8) is 0 Å². The summed E-state index contributed by atoms with van der Waals surface area (Å²) in [7, 11) is 2.94. The predicted octanol–water partition coefficient (Wildman–Crippen LogP) is 5.53. The van der Waals surface area contributed by atoms with Crippen LogP contribution < -0.4 is 20.1 Å². The summed E-state index contributed by atoms with van der Waals surface area (Å²) in [5.74, 6) is 0.319. The molecule has 2 atom stereocenters. The van der Waals surface area contributed by atoms with Crippen molar-refractivity contribution in [3.8, 4) is 11.5 Å². The summed E-state index contributed by atoms with van der Waals surface area (Å²) in [5.41, 5.74) is 1.16. The lowest BCUT2D eigenvalue weighted by molar-refractivity contribution is -0.173. The average molecular weight is 493 g/mol. The summed E-state index contributed by atoms with van der Waals surface area (Å²) < 4.78 is 53.4. The van der Waals surface area contributed by atoms with Crippen LogP contribution in [0.15, 0.2) is 53.6 Å². The summed E-state index contributed by atoms with van der Waals surface area (Å²) in [4.78, 5) is 13.9. The van der Waals surface area contributed by atoms with E-state index in [1.54, 1.807) is 30.3 Å². The first-order valence-corrected chi connectivity index (χ1v) is 11.6. The van der Waals surface area contributed by atoms with Crippen LogP contribution in [0.2, 0.25) is 0 Å². The van der Waals surface area contributed by atoms with Gasteiger partial charge in [-0.25, -0.2) is 4.68 Å². The maximum atomic E-state index is 14.0. The Kier molecular flexibility index (Phi) is 6.65. The van der Waals surface area contributed by atoms with E-state index < -0.39 is 24.2 Å². The Morgan fingerprint density at radius 3 is 2.59 bits per heavy atom. The number of rotatable bonds is 6. The van der Waals surface area contributed by atoms with Crippen molar-refractivity contribution in [3.05, 3.63) is 59.8 Å². The van der Waals surface area contributed by atoms with Gasteiger partial charge in [0.2, 0.25) is 0 Å². The average Bonchev–Trinajstić information content (AvgIpc) is 3.26. The lowest BCUT2D eigenvalue weighted by Crippen LogP contribution is -2.36. The second kappa shape index (κ2) is 9.49. The van der Waals surface area contributed by atoms with Crippen molar-refractivity contribution in [2.45, 2.75) is 29.6 Å². The summed E-state index contributed by atoms with van der Waals surface area (Å²) in [6.45, 7) is 0. The number of hydrogen-bond acceptors (Lipinski definition) is 6. The van der Waals surface area contributed by atoms with Crippen LogP contribution in [0.25, 0.3) is 0 Å². The Bertz CT molecular complexity index is 1200. The van der Waals surface area contributed by atoms with E-state index in [1.165, 1.54) is 26.0 Å².